The number of hydrogen-bond donors (Lipinski definition) is 0. The van der Waals surface area contributed by atoms with Crippen molar-refractivity contribution in [2.75, 3.05) is 0 Å². The van der Waals surface area contributed by atoms with E-state index in [1.54, 1.807) is 0 Å². The molecule has 3 unspecified atom stereocenters. The van der Waals surface area contributed by atoms with E-state index in [1.807, 2.05) is 33.7 Å². The third-order valence-corrected chi connectivity index (χ3v) is 5.13. The van der Waals surface area contributed by atoms with Crippen molar-refractivity contribution >= 4 is 33.7 Å². The average Bonchev–Trinajstić information content (AvgIpc) is 1.87. The van der Waals surface area contributed by atoms with Gasteiger partial charge in [0, 0.05) is 0 Å². The van der Waals surface area contributed by atoms with Crippen LogP contribution in [0.4, 0.5) is 0 Å². The van der Waals surface area contributed by atoms with Crippen molar-refractivity contribution in [3.63, 3.8) is 0 Å². The van der Waals surface area contributed by atoms with E-state index < -0.39 is 0 Å². The van der Waals surface area contributed by atoms with E-state index in [1.165, 1.54) is 23.3 Å². The van der Waals surface area contributed by atoms with Crippen LogP contribution in [0.25, 0.3) is 0 Å². The van der Waals surface area contributed by atoms with Gasteiger partial charge in [-0.1, -0.05) is 0 Å². The quantitative estimate of drug-likeness (QED) is 0.670. The Hall–Kier alpha value is 1.12. The van der Waals surface area contributed by atoms with Gasteiger partial charge in [-0.2, -0.15) is 0 Å². The molecule has 0 spiro atoms. The van der Waals surface area contributed by atoms with Gasteiger partial charge in [0.25, 0.3) is 0 Å². The first-order chi connectivity index (χ1) is 5.02. The van der Waals surface area contributed by atoms with Gasteiger partial charge in [0.2, 0.25) is 0 Å². The fraction of sp³-hybridized carbons (Fsp3) is 1.00. The van der Waals surface area contributed by atoms with Crippen molar-refractivity contribution in [2.45, 2.75) is 44.0 Å². The third kappa shape index (κ3) is 6.29. The van der Waals surface area contributed by atoms with E-state index in [2.05, 4.69) is 20.8 Å². The predicted molar refractivity (Wildman–Crippen MR) is 58.9 cm³/mol. The van der Waals surface area contributed by atoms with Gasteiger partial charge < -0.3 is 0 Å². The molecule has 0 N–H and O–H groups in total. The maximum atomic E-state index is 2.39. The van der Waals surface area contributed by atoms with Gasteiger partial charge in [-0.25, -0.2) is 0 Å². The van der Waals surface area contributed by atoms with Crippen molar-refractivity contribution in [1.82, 2.24) is 0 Å². The Bertz CT molecular complexity index is 99.7. The molecule has 0 bridgehead atoms. The molecule has 0 rings (SSSR count). The van der Waals surface area contributed by atoms with Crippen LogP contribution in [0.15, 0.2) is 0 Å². The van der Waals surface area contributed by atoms with Crippen LogP contribution in [0.3, 0.4) is 0 Å². The third-order valence-electron chi connectivity index (χ3n) is 2.11. The summed E-state index contributed by atoms with van der Waals surface area (Å²) >= 11 is 3.75. The van der Waals surface area contributed by atoms with Gasteiger partial charge in [0.05, 0.1) is 0 Å². The number of rotatable bonds is 5. The molecule has 0 aromatic carbocycles. The summed E-state index contributed by atoms with van der Waals surface area (Å²) in [7, 11) is 0. The van der Waals surface area contributed by atoms with Crippen LogP contribution in [0.2, 0.25) is 10.4 Å². The van der Waals surface area contributed by atoms with Crippen LogP contribution in [0.5, 0.6) is 0 Å². The molecule has 0 amide bonds. The zero-order chi connectivity index (χ0) is 8.91. The molecular weight excluding hydrogens is 258 g/mol. The van der Waals surface area contributed by atoms with Crippen LogP contribution in [0.1, 0.15) is 33.6 Å². The van der Waals surface area contributed by atoms with Crippen molar-refractivity contribution < 1.29 is 0 Å². The molecule has 0 radical (unpaired) electrons. The molecule has 2 heteroatoms. The topological polar surface area (TPSA) is 0 Å². The van der Waals surface area contributed by atoms with Gasteiger partial charge >= 0.3 is 89.1 Å². The molecule has 0 heterocycles. The van der Waals surface area contributed by atoms with E-state index in [-0.39, 0.29) is 0 Å². The Morgan fingerprint density at radius 1 is 1.27 bits per heavy atom. The summed E-state index contributed by atoms with van der Waals surface area (Å²) in [4.78, 5) is 0. The van der Waals surface area contributed by atoms with E-state index in [0.29, 0.717) is 5.41 Å². The van der Waals surface area contributed by atoms with Gasteiger partial charge in [-0.15, -0.1) is 0 Å². The first kappa shape index (κ1) is 12.1. The summed E-state index contributed by atoms with van der Waals surface area (Å²) in [5.41, 5.74) is 0.599. The Balaban J connectivity index is 3.64. The van der Waals surface area contributed by atoms with Gasteiger partial charge in [0.1, 0.15) is 0 Å². The Morgan fingerprint density at radius 2 is 1.82 bits per heavy atom. The zero-order valence-electron chi connectivity index (χ0n) is 8.06. The monoisotopic (exact) mass is 280 g/mol. The molecule has 11 heavy (non-hydrogen) atoms. The van der Waals surface area contributed by atoms with Gasteiger partial charge in [-0.3, -0.25) is 0 Å². The van der Waals surface area contributed by atoms with Crippen LogP contribution < -0.4 is 0 Å². The summed E-state index contributed by atoms with van der Waals surface area (Å²) < 4.78 is 0. The molecule has 3 atom stereocenters. The second-order valence-corrected chi connectivity index (χ2v) is 6.32. The first-order valence-corrected chi connectivity index (χ1v) is 7.84. The van der Waals surface area contributed by atoms with Gasteiger partial charge in [0.15, 0.2) is 0 Å². The van der Waals surface area contributed by atoms with Crippen molar-refractivity contribution in [3.05, 3.63) is 0 Å². The van der Waals surface area contributed by atoms with E-state index >= 15 is 0 Å². The fourth-order valence-electron chi connectivity index (χ4n) is 1.41. The van der Waals surface area contributed by atoms with Crippen molar-refractivity contribution in [1.29, 1.82) is 0 Å². The van der Waals surface area contributed by atoms with Crippen LogP contribution in [-0.4, -0.2) is 33.7 Å². The molecule has 0 aliphatic carbocycles. The summed E-state index contributed by atoms with van der Waals surface area (Å²) in [6.45, 7) is 7.18. The minimum atomic E-state index is 0.599. The van der Waals surface area contributed by atoms with E-state index in [4.69, 9.17) is 0 Å². The Labute approximate surface area is 88.9 Å². The van der Waals surface area contributed by atoms with E-state index in [9.17, 15) is 0 Å². The number of hydrogen-bond acceptors (Lipinski definition) is 0. The second kappa shape index (κ2) is 5.71. The SMILES string of the molecule is CC(CC[AsH2])CC(C)(C)C[AsH2]. The molecule has 0 fully saturated rings. The minimum absolute atomic E-state index is 0.599. The second-order valence-electron chi connectivity index (χ2n) is 4.25. The first-order valence-electron chi connectivity index (χ1n) is 4.42. The van der Waals surface area contributed by atoms with Crippen molar-refractivity contribution in [2.24, 2.45) is 11.3 Å². The molecule has 0 saturated heterocycles. The predicted octanol–water partition coefficient (Wildman–Crippen LogP) is 1.53. The van der Waals surface area contributed by atoms with Crippen LogP contribution in [0, 0.1) is 11.3 Å². The summed E-state index contributed by atoms with van der Waals surface area (Å²) in [5.74, 6) is 0.938. The molecule has 68 valence electrons. The molecule has 0 saturated carbocycles. The van der Waals surface area contributed by atoms with Gasteiger partial charge in [-0.05, 0) is 0 Å². The molecule has 0 aromatic rings. The van der Waals surface area contributed by atoms with E-state index in [0.717, 1.165) is 5.92 Å². The Kier molecular flexibility index (Phi) is 6.29. The molecule has 0 aromatic heterocycles. The zero-order valence-corrected chi connectivity index (χ0v) is 12.9. The summed E-state index contributed by atoms with van der Waals surface area (Å²) in [6, 6.07) is 0. The fourth-order valence-corrected chi connectivity index (χ4v) is 2.96. The normalized spacial score (nSPS) is 15.0. The van der Waals surface area contributed by atoms with Crippen LogP contribution >= 0.6 is 0 Å². The summed E-state index contributed by atoms with van der Waals surface area (Å²) in [5, 5.41) is 2.78. The van der Waals surface area contributed by atoms with Crippen molar-refractivity contribution in [3.8, 4) is 0 Å². The Morgan fingerprint density at radius 3 is 2.18 bits per heavy atom. The summed E-state index contributed by atoms with van der Waals surface area (Å²) in [6.07, 6.45) is 2.84. The standard InChI is InChI=1S/C9H22As2/c1-8(4-5-10)6-9(2,3)7-11/h8H,4-7,10-11H2,1-3H3. The maximum absolute atomic E-state index is 2.39. The van der Waals surface area contributed by atoms with Crippen LogP contribution in [-0.2, 0) is 0 Å². The molecule has 0 aliphatic heterocycles. The molecule has 0 nitrogen and oxygen atoms in total. The molecule has 0 aliphatic rings. The average molecular weight is 280 g/mol. The molecular formula is C9H22As2.